The lowest BCUT2D eigenvalue weighted by atomic mass is 9.79. The fourth-order valence-corrected chi connectivity index (χ4v) is 3.17. The van der Waals surface area contributed by atoms with E-state index in [1.807, 2.05) is 13.8 Å². The molecule has 0 heterocycles. The summed E-state index contributed by atoms with van der Waals surface area (Å²) in [5, 5.41) is -0.315. The first-order valence-electron chi connectivity index (χ1n) is 5.13. The number of hydrogen-bond acceptors (Lipinski definition) is 2. The normalized spacial score (nSPS) is 34.8. The molecule has 0 saturated heterocycles. The number of hydrogen-bond donors (Lipinski definition) is 0. The third-order valence-electron chi connectivity index (χ3n) is 3.40. The van der Waals surface area contributed by atoms with E-state index in [9.17, 15) is 12.8 Å². The van der Waals surface area contributed by atoms with Gasteiger partial charge in [0.2, 0.25) is 0 Å². The summed E-state index contributed by atoms with van der Waals surface area (Å²) in [6, 6.07) is 0. The van der Waals surface area contributed by atoms with E-state index >= 15 is 0 Å². The van der Waals surface area contributed by atoms with Gasteiger partial charge in [-0.15, -0.1) is 0 Å². The van der Waals surface area contributed by atoms with Crippen LogP contribution in [-0.2, 0) is 9.84 Å². The Morgan fingerprint density at radius 1 is 1.29 bits per heavy atom. The predicted octanol–water partition coefficient (Wildman–Crippen LogP) is 2.34. The minimum Gasteiger partial charge on any atom is -0.244 e. The van der Waals surface area contributed by atoms with Crippen molar-refractivity contribution in [2.24, 2.45) is 5.92 Å². The van der Waals surface area contributed by atoms with Gasteiger partial charge in [0.1, 0.15) is 15.5 Å². The summed E-state index contributed by atoms with van der Waals surface area (Å²) < 4.78 is 36.6. The lowest BCUT2D eigenvalue weighted by Crippen LogP contribution is -2.38. The number of alkyl halides is 1. The van der Waals surface area contributed by atoms with E-state index in [1.165, 1.54) is 6.26 Å². The van der Waals surface area contributed by atoms with E-state index in [1.54, 1.807) is 0 Å². The molecule has 0 amide bonds. The monoisotopic (exact) mass is 222 g/mol. The van der Waals surface area contributed by atoms with Crippen LogP contribution < -0.4 is 0 Å². The average molecular weight is 222 g/mol. The summed E-state index contributed by atoms with van der Waals surface area (Å²) in [7, 11) is -2.97. The van der Waals surface area contributed by atoms with Crippen molar-refractivity contribution in [3.8, 4) is 0 Å². The van der Waals surface area contributed by atoms with Crippen molar-refractivity contribution in [3.63, 3.8) is 0 Å². The molecule has 0 unspecified atom stereocenters. The molecule has 0 N–H and O–H groups in total. The van der Waals surface area contributed by atoms with Crippen LogP contribution in [0.3, 0.4) is 0 Å². The van der Waals surface area contributed by atoms with Crippen LogP contribution in [-0.4, -0.2) is 25.6 Å². The summed E-state index contributed by atoms with van der Waals surface area (Å²) in [6.07, 6.45) is 2.99. The van der Waals surface area contributed by atoms with E-state index in [2.05, 4.69) is 0 Å². The molecule has 14 heavy (non-hydrogen) atoms. The first-order valence-corrected chi connectivity index (χ1v) is 7.09. The van der Waals surface area contributed by atoms with Gasteiger partial charge in [0.05, 0.1) is 5.25 Å². The Labute approximate surface area is 85.8 Å². The molecule has 84 valence electrons. The van der Waals surface area contributed by atoms with Gasteiger partial charge < -0.3 is 0 Å². The third kappa shape index (κ3) is 2.47. The van der Waals surface area contributed by atoms with Gasteiger partial charge in [-0.3, -0.25) is 0 Å². The lowest BCUT2D eigenvalue weighted by Gasteiger charge is -2.36. The van der Waals surface area contributed by atoms with Crippen molar-refractivity contribution in [2.75, 3.05) is 6.26 Å². The summed E-state index contributed by atoms with van der Waals surface area (Å²) in [4.78, 5) is 0. The topological polar surface area (TPSA) is 34.1 Å². The second-order valence-corrected chi connectivity index (χ2v) is 7.04. The van der Waals surface area contributed by atoms with Gasteiger partial charge in [0.25, 0.3) is 0 Å². The summed E-state index contributed by atoms with van der Waals surface area (Å²) in [5.74, 6) is -0.0111. The standard InChI is InChI=1S/C10H19FO2S/c1-8(2)10(11)6-4-9(5-7-10)14(3,12)13/h8-9H,4-7H2,1-3H3. The highest BCUT2D eigenvalue weighted by atomic mass is 32.2. The Morgan fingerprint density at radius 2 is 1.71 bits per heavy atom. The average Bonchev–Trinajstić information content (AvgIpc) is 2.03. The van der Waals surface area contributed by atoms with Gasteiger partial charge in [-0.25, -0.2) is 12.8 Å². The molecule has 0 atom stereocenters. The van der Waals surface area contributed by atoms with Gasteiger partial charge in [0.15, 0.2) is 0 Å². The van der Waals surface area contributed by atoms with Crippen LogP contribution in [0.5, 0.6) is 0 Å². The van der Waals surface area contributed by atoms with Crippen molar-refractivity contribution in [3.05, 3.63) is 0 Å². The fourth-order valence-electron chi connectivity index (χ4n) is 2.08. The SMILES string of the molecule is CC(C)C1(F)CCC(S(C)(=O)=O)CC1. The number of rotatable bonds is 2. The maximum atomic E-state index is 14.1. The molecule has 0 aromatic rings. The second kappa shape index (κ2) is 3.80. The molecule has 2 nitrogen and oxygen atoms in total. The van der Waals surface area contributed by atoms with Crippen molar-refractivity contribution in [1.29, 1.82) is 0 Å². The zero-order chi connectivity index (χ0) is 11.0. The minimum atomic E-state index is -2.97. The number of sulfone groups is 1. The Morgan fingerprint density at radius 3 is 2.00 bits per heavy atom. The summed E-state index contributed by atoms with van der Waals surface area (Å²) in [6.45, 7) is 3.72. The van der Waals surface area contributed by atoms with Gasteiger partial charge in [-0.1, -0.05) is 13.8 Å². The molecule has 1 aliphatic rings. The zero-order valence-electron chi connectivity index (χ0n) is 9.09. The predicted molar refractivity (Wildman–Crippen MR) is 55.8 cm³/mol. The molecule has 0 aromatic carbocycles. The highest BCUT2D eigenvalue weighted by molar-refractivity contribution is 7.91. The Balaban J connectivity index is 2.63. The molecule has 0 aromatic heterocycles. The maximum Gasteiger partial charge on any atom is 0.150 e. The molecule has 1 saturated carbocycles. The van der Waals surface area contributed by atoms with Gasteiger partial charge in [0, 0.05) is 6.26 Å². The van der Waals surface area contributed by atoms with Crippen molar-refractivity contribution in [1.82, 2.24) is 0 Å². The van der Waals surface area contributed by atoms with Gasteiger partial charge in [-0.2, -0.15) is 0 Å². The molecule has 1 fully saturated rings. The molecule has 4 heteroatoms. The van der Waals surface area contributed by atoms with E-state index in [0.717, 1.165) is 0 Å². The quantitative estimate of drug-likeness (QED) is 0.718. The van der Waals surface area contributed by atoms with E-state index in [0.29, 0.717) is 25.7 Å². The van der Waals surface area contributed by atoms with Crippen LogP contribution in [0.25, 0.3) is 0 Å². The maximum absolute atomic E-state index is 14.1. The van der Waals surface area contributed by atoms with Crippen molar-refractivity contribution < 1.29 is 12.8 Å². The van der Waals surface area contributed by atoms with Gasteiger partial charge in [-0.05, 0) is 31.6 Å². The second-order valence-electron chi connectivity index (χ2n) is 4.72. The Kier molecular flexibility index (Phi) is 3.24. The molecule has 0 radical (unpaired) electrons. The third-order valence-corrected chi connectivity index (χ3v) is 5.09. The van der Waals surface area contributed by atoms with Crippen LogP contribution in [0.15, 0.2) is 0 Å². The van der Waals surface area contributed by atoms with E-state index < -0.39 is 15.5 Å². The molecule has 0 spiro atoms. The zero-order valence-corrected chi connectivity index (χ0v) is 9.90. The Bertz CT molecular complexity index is 287. The van der Waals surface area contributed by atoms with Crippen LogP contribution in [0.4, 0.5) is 4.39 Å². The van der Waals surface area contributed by atoms with Crippen LogP contribution in [0.2, 0.25) is 0 Å². The molecular formula is C10H19FO2S. The number of halogens is 1. The lowest BCUT2D eigenvalue weighted by molar-refractivity contribution is 0.0561. The minimum absolute atomic E-state index is 0.0111. The first-order chi connectivity index (χ1) is 6.26. The molecule has 0 bridgehead atoms. The van der Waals surface area contributed by atoms with E-state index in [4.69, 9.17) is 0 Å². The Hall–Kier alpha value is -0.120. The molecule has 0 aliphatic heterocycles. The highest BCUT2D eigenvalue weighted by Crippen LogP contribution is 2.39. The van der Waals surface area contributed by atoms with Crippen molar-refractivity contribution >= 4 is 9.84 Å². The summed E-state index contributed by atoms with van der Waals surface area (Å²) >= 11 is 0. The van der Waals surface area contributed by atoms with Gasteiger partial charge >= 0.3 is 0 Å². The van der Waals surface area contributed by atoms with Crippen LogP contribution >= 0.6 is 0 Å². The molecule has 1 aliphatic carbocycles. The first kappa shape index (κ1) is 12.0. The smallest absolute Gasteiger partial charge is 0.150 e. The van der Waals surface area contributed by atoms with Crippen LogP contribution in [0, 0.1) is 5.92 Å². The molecule has 1 rings (SSSR count). The van der Waals surface area contributed by atoms with E-state index in [-0.39, 0.29) is 11.2 Å². The summed E-state index contributed by atoms with van der Waals surface area (Å²) in [5.41, 5.74) is -1.14. The van der Waals surface area contributed by atoms with Crippen LogP contribution in [0.1, 0.15) is 39.5 Å². The van der Waals surface area contributed by atoms with Crippen molar-refractivity contribution in [2.45, 2.75) is 50.4 Å². The fraction of sp³-hybridized carbons (Fsp3) is 1.00. The largest absolute Gasteiger partial charge is 0.244 e. The highest BCUT2D eigenvalue weighted by Gasteiger charge is 2.40. The molecular weight excluding hydrogens is 203 g/mol.